The molecule has 0 aromatic heterocycles. The van der Waals surface area contributed by atoms with Crippen LogP contribution in [0.25, 0.3) is 0 Å². The van der Waals surface area contributed by atoms with Crippen LogP contribution in [0.2, 0.25) is 5.02 Å². The van der Waals surface area contributed by atoms with Crippen molar-refractivity contribution in [1.82, 2.24) is 4.90 Å². The zero-order chi connectivity index (χ0) is 20.3. The fraction of sp³-hybridized carbons (Fsp3) is 0.381. The fourth-order valence-electron chi connectivity index (χ4n) is 4.01. The number of piperidine rings is 1. The minimum atomic E-state index is -4.36. The van der Waals surface area contributed by atoms with Gasteiger partial charge in [0.2, 0.25) is 0 Å². The zero-order valence-corrected chi connectivity index (χ0v) is 17.2. The van der Waals surface area contributed by atoms with Gasteiger partial charge < -0.3 is 10.5 Å². The van der Waals surface area contributed by atoms with Crippen molar-refractivity contribution in [3.8, 4) is 0 Å². The highest BCUT2D eigenvalue weighted by Crippen LogP contribution is 2.40. The van der Waals surface area contributed by atoms with Crippen molar-refractivity contribution in [2.45, 2.75) is 37.0 Å². The van der Waals surface area contributed by atoms with Crippen LogP contribution in [-0.2, 0) is 11.0 Å². The highest BCUT2D eigenvalue weighted by atomic mass is 35.5. The highest BCUT2D eigenvalue weighted by molar-refractivity contribution is 6.30. The van der Waals surface area contributed by atoms with E-state index in [9.17, 15) is 18.0 Å². The van der Waals surface area contributed by atoms with Crippen molar-refractivity contribution >= 4 is 30.3 Å². The van der Waals surface area contributed by atoms with Crippen LogP contribution in [-0.4, -0.2) is 30.3 Å². The summed E-state index contributed by atoms with van der Waals surface area (Å²) < 4.78 is 40.0. The Balaban J connectivity index is 0.00000300. The molecule has 29 heavy (non-hydrogen) atoms. The lowest BCUT2D eigenvalue weighted by atomic mass is 9.85. The zero-order valence-electron chi connectivity index (χ0n) is 15.6. The van der Waals surface area contributed by atoms with E-state index in [1.807, 2.05) is 12.1 Å². The Morgan fingerprint density at radius 3 is 2.21 bits per heavy atom. The third-order valence-electron chi connectivity index (χ3n) is 5.36. The summed E-state index contributed by atoms with van der Waals surface area (Å²) in [6, 6.07) is 11.9. The lowest BCUT2D eigenvalue weighted by molar-refractivity contribution is -0.138. The van der Waals surface area contributed by atoms with Crippen LogP contribution in [0.3, 0.4) is 0 Å². The molecule has 1 saturated heterocycles. The van der Waals surface area contributed by atoms with E-state index in [0.717, 1.165) is 11.6 Å². The number of benzene rings is 2. The Hall–Kier alpha value is -1.60. The van der Waals surface area contributed by atoms with Gasteiger partial charge in [0.05, 0.1) is 17.6 Å². The van der Waals surface area contributed by atoms with E-state index in [1.54, 1.807) is 24.3 Å². The second-order valence-corrected chi connectivity index (χ2v) is 7.54. The quantitative estimate of drug-likeness (QED) is 0.639. The molecule has 0 saturated carbocycles. The average Bonchev–Trinajstić information content (AvgIpc) is 2.69. The van der Waals surface area contributed by atoms with Gasteiger partial charge in [-0.15, -0.1) is 12.4 Å². The standard InChI is InChI=1S/C21H22ClF3N2O.ClH/c22-16-7-5-15(6-8-16)20(19(26)13-28)27-11-9-14(10-12-27)17-3-1-2-4-18(17)21(23,24)25;/h1-8,13-14,19-20H,9-12,26H2;1H/t19-,20?;/m0./s1. The molecule has 0 radical (unpaired) electrons. The molecular weight excluding hydrogens is 424 g/mol. The van der Waals surface area contributed by atoms with Crippen LogP contribution in [0.1, 0.15) is 41.5 Å². The van der Waals surface area contributed by atoms with Crippen LogP contribution < -0.4 is 5.73 Å². The van der Waals surface area contributed by atoms with Crippen LogP contribution in [0.5, 0.6) is 0 Å². The summed E-state index contributed by atoms with van der Waals surface area (Å²) in [5, 5.41) is 0.588. The van der Waals surface area contributed by atoms with Crippen molar-refractivity contribution in [2.24, 2.45) is 5.73 Å². The van der Waals surface area contributed by atoms with Crippen LogP contribution >= 0.6 is 24.0 Å². The summed E-state index contributed by atoms with van der Waals surface area (Å²) in [5.74, 6) is -0.174. The Bertz CT molecular complexity index is 806. The number of aldehydes is 1. The molecule has 0 bridgehead atoms. The van der Waals surface area contributed by atoms with Gasteiger partial charge in [0.15, 0.2) is 0 Å². The molecular formula is C21H23Cl2F3N2O. The van der Waals surface area contributed by atoms with Crippen molar-refractivity contribution in [3.05, 3.63) is 70.2 Å². The number of carbonyl (C=O) groups excluding carboxylic acids is 1. The summed E-state index contributed by atoms with van der Waals surface area (Å²) in [4.78, 5) is 13.4. The number of hydrogen-bond acceptors (Lipinski definition) is 3. The normalized spacial score (nSPS) is 18.0. The summed E-state index contributed by atoms with van der Waals surface area (Å²) in [6.07, 6.45) is -2.50. The molecule has 1 fully saturated rings. The van der Waals surface area contributed by atoms with Gasteiger partial charge in [-0.25, -0.2) is 0 Å². The molecule has 0 aliphatic carbocycles. The van der Waals surface area contributed by atoms with E-state index in [-0.39, 0.29) is 24.4 Å². The second kappa shape index (κ2) is 9.94. The molecule has 1 heterocycles. The van der Waals surface area contributed by atoms with Gasteiger partial charge >= 0.3 is 6.18 Å². The minimum Gasteiger partial charge on any atom is -0.320 e. The molecule has 0 amide bonds. The van der Waals surface area contributed by atoms with E-state index in [1.165, 1.54) is 6.07 Å². The van der Waals surface area contributed by atoms with Crippen molar-refractivity contribution in [2.75, 3.05) is 13.1 Å². The van der Waals surface area contributed by atoms with Gasteiger partial charge in [0.25, 0.3) is 0 Å². The molecule has 0 spiro atoms. The number of hydrogen-bond donors (Lipinski definition) is 1. The Kier molecular flexibility index (Phi) is 8.11. The maximum absolute atomic E-state index is 13.3. The summed E-state index contributed by atoms with van der Waals surface area (Å²) >= 11 is 5.95. The Morgan fingerprint density at radius 1 is 1.07 bits per heavy atom. The summed E-state index contributed by atoms with van der Waals surface area (Å²) in [7, 11) is 0. The lowest BCUT2D eigenvalue weighted by Gasteiger charge is -2.39. The van der Waals surface area contributed by atoms with Gasteiger partial charge in [-0.1, -0.05) is 41.9 Å². The van der Waals surface area contributed by atoms with E-state index in [0.29, 0.717) is 42.8 Å². The second-order valence-electron chi connectivity index (χ2n) is 7.11. The summed E-state index contributed by atoms with van der Waals surface area (Å²) in [5.41, 5.74) is 6.71. The molecule has 2 atom stereocenters. The molecule has 3 nitrogen and oxygen atoms in total. The van der Waals surface area contributed by atoms with Crippen LogP contribution in [0.15, 0.2) is 48.5 Å². The number of carbonyl (C=O) groups is 1. The number of rotatable bonds is 5. The Morgan fingerprint density at radius 2 is 1.66 bits per heavy atom. The molecule has 1 aliphatic heterocycles. The molecule has 2 N–H and O–H groups in total. The van der Waals surface area contributed by atoms with E-state index in [4.69, 9.17) is 17.3 Å². The molecule has 2 aromatic rings. The topological polar surface area (TPSA) is 46.3 Å². The predicted octanol–water partition coefficient (Wildman–Crippen LogP) is 5.23. The molecule has 1 aliphatic rings. The average molecular weight is 447 g/mol. The first-order valence-electron chi connectivity index (χ1n) is 9.17. The van der Waals surface area contributed by atoms with Gasteiger partial charge in [-0.2, -0.15) is 13.2 Å². The first-order valence-corrected chi connectivity index (χ1v) is 9.55. The van der Waals surface area contributed by atoms with Crippen LogP contribution in [0, 0.1) is 0 Å². The van der Waals surface area contributed by atoms with Crippen molar-refractivity contribution in [3.63, 3.8) is 0 Å². The Labute approximate surface area is 179 Å². The van der Waals surface area contributed by atoms with Gasteiger partial charge in [0.1, 0.15) is 6.29 Å². The van der Waals surface area contributed by atoms with Gasteiger partial charge in [-0.3, -0.25) is 4.90 Å². The number of alkyl halides is 3. The largest absolute Gasteiger partial charge is 0.416 e. The van der Waals surface area contributed by atoms with E-state index < -0.39 is 17.8 Å². The smallest absolute Gasteiger partial charge is 0.320 e. The van der Waals surface area contributed by atoms with E-state index in [2.05, 4.69) is 4.90 Å². The molecule has 1 unspecified atom stereocenters. The lowest BCUT2D eigenvalue weighted by Crippen LogP contribution is -2.45. The third kappa shape index (κ3) is 5.51. The number of nitrogens with two attached hydrogens (primary N) is 1. The minimum absolute atomic E-state index is 0. The number of nitrogens with zero attached hydrogens (tertiary/aromatic N) is 1. The van der Waals surface area contributed by atoms with Gasteiger partial charge in [0, 0.05) is 5.02 Å². The fourth-order valence-corrected chi connectivity index (χ4v) is 4.14. The molecule has 8 heteroatoms. The molecule has 158 valence electrons. The highest BCUT2D eigenvalue weighted by Gasteiger charge is 2.37. The monoisotopic (exact) mass is 446 g/mol. The summed E-state index contributed by atoms with van der Waals surface area (Å²) in [6.45, 7) is 1.12. The van der Waals surface area contributed by atoms with Gasteiger partial charge in [-0.05, 0) is 61.2 Å². The first-order chi connectivity index (χ1) is 13.3. The number of likely N-dealkylation sites (tertiary alicyclic amines) is 1. The maximum atomic E-state index is 13.3. The van der Waals surface area contributed by atoms with Crippen molar-refractivity contribution < 1.29 is 18.0 Å². The molecule has 2 aromatic carbocycles. The molecule has 3 rings (SSSR count). The SMILES string of the molecule is Cl.N[C@@H](C=O)C(c1ccc(Cl)cc1)N1CCC(c2ccccc2C(F)(F)F)CC1. The number of halogens is 5. The van der Waals surface area contributed by atoms with Crippen LogP contribution in [0.4, 0.5) is 13.2 Å². The predicted molar refractivity (Wildman–Crippen MR) is 110 cm³/mol. The van der Waals surface area contributed by atoms with Crippen molar-refractivity contribution in [1.29, 1.82) is 0 Å². The maximum Gasteiger partial charge on any atom is 0.416 e. The first kappa shape index (κ1) is 23.7. The van der Waals surface area contributed by atoms with E-state index >= 15 is 0 Å². The third-order valence-corrected chi connectivity index (χ3v) is 5.61.